The lowest BCUT2D eigenvalue weighted by Gasteiger charge is -2.32. The number of benzene rings is 5. The molecule has 2 heterocycles. The van der Waals surface area contributed by atoms with Crippen molar-refractivity contribution in [3.63, 3.8) is 0 Å². The number of anilines is 2. The maximum absolute atomic E-state index is 13.7. The Kier molecular flexibility index (Phi) is 13.2. The minimum Gasteiger partial charge on any atom is -0.376 e. The molecule has 1 aromatic heterocycles. The van der Waals surface area contributed by atoms with Gasteiger partial charge in [-0.05, 0) is 130 Å². The first-order chi connectivity index (χ1) is 28.0. The summed E-state index contributed by atoms with van der Waals surface area (Å²) in [5.41, 5.74) is 5.34. The third kappa shape index (κ3) is 10.3. The van der Waals surface area contributed by atoms with Gasteiger partial charge in [0.15, 0.2) is 5.82 Å². The lowest BCUT2D eigenvalue weighted by atomic mass is 9.88. The summed E-state index contributed by atoms with van der Waals surface area (Å²) in [6, 6.07) is 36.2. The van der Waals surface area contributed by atoms with Crippen LogP contribution in [0.5, 0.6) is 0 Å². The summed E-state index contributed by atoms with van der Waals surface area (Å²) in [4.78, 5) is 25.9. The molecule has 7 rings (SSSR count). The average molecular weight is 836 g/mol. The number of rotatable bonds is 16. The molecule has 2 N–H and O–H groups in total. The number of nitro groups is 1. The Balaban J connectivity index is 1.02. The predicted octanol–water partition coefficient (Wildman–Crippen LogP) is 9.56. The van der Waals surface area contributed by atoms with Crippen LogP contribution in [0.1, 0.15) is 36.3 Å². The quantitative estimate of drug-likeness (QED) is 0.0552. The van der Waals surface area contributed by atoms with Gasteiger partial charge in [-0.3, -0.25) is 19.7 Å². The number of nitro benzene ring substituents is 1. The first-order valence-electron chi connectivity index (χ1n) is 19.2. The Bertz CT molecular complexity index is 2470. The van der Waals surface area contributed by atoms with E-state index in [1.807, 2.05) is 74.8 Å². The molecule has 1 aliphatic rings. The van der Waals surface area contributed by atoms with E-state index in [1.165, 1.54) is 29.6 Å². The monoisotopic (exact) mass is 835 g/mol. The minimum atomic E-state index is -4.25. The molecule has 0 radical (unpaired) electrons. The first kappa shape index (κ1) is 41.1. The largest absolute Gasteiger partial charge is 0.376 e. The van der Waals surface area contributed by atoms with Crippen molar-refractivity contribution in [1.82, 2.24) is 19.8 Å². The van der Waals surface area contributed by atoms with Gasteiger partial charge < -0.3 is 10.2 Å². The van der Waals surface area contributed by atoms with Crippen molar-refractivity contribution in [2.45, 2.75) is 47.6 Å². The van der Waals surface area contributed by atoms with E-state index < -0.39 is 14.9 Å². The summed E-state index contributed by atoms with van der Waals surface area (Å²) in [7, 11) is -0.296. The molecule has 11 nitrogen and oxygen atoms in total. The molecule has 1 saturated heterocycles. The molecule has 14 heteroatoms. The maximum atomic E-state index is 13.7. The zero-order valence-corrected chi connectivity index (χ0v) is 34.8. The summed E-state index contributed by atoms with van der Waals surface area (Å²) >= 11 is 7.80. The third-order valence-corrected chi connectivity index (χ3v) is 13.2. The standard InChI is InChI=1S/C44H46ClN7O4S2/c1-50(2)23-22-36(29-57-37-9-4-3-5-10-37)48-41-19-17-38(27-43(41)52(53)54)58(55,56)49-44-40-18-14-33(26-42(40)46-30-47-44)31-20-24-51(25-21-31)28-34-8-6-7-11-39(34)32-12-15-35(45)16-13-32/h3-19,26-27,30-31,36,48H,20-25,28-29H2,1-2H3,(H,46,47,49)/t36-/m1/s1. The van der Waals surface area contributed by atoms with Crippen molar-refractivity contribution in [3.05, 3.63) is 148 Å². The molecule has 1 fully saturated rings. The van der Waals surface area contributed by atoms with E-state index in [2.05, 4.69) is 66.2 Å². The van der Waals surface area contributed by atoms with Crippen molar-refractivity contribution in [2.24, 2.45) is 0 Å². The second kappa shape index (κ2) is 18.7. The second-order valence-electron chi connectivity index (χ2n) is 14.8. The Morgan fingerprint density at radius 3 is 2.41 bits per heavy atom. The molecule has 300 valence electrons. The number of nitrogens with one attached hydrogen (secondary N) is 2. The predicted molar refractivity (Wildman–Crippen MR) is 235 cm³/mol. The number of piperidine rings is 1. The summed E-state index contributed by atoms with van der Waals surface area (Å²) in [6.45, 7) is 3.51. The van der Waals surface area contributed by atoms with Gasteiger partial charge in [-0.15, -0.1) is 11.8 Å². The van der Waals surface area contributed by atoms with Crippen molar-refractivity contribution < 1.29 is 13.3 Å². The van der Waals surface area contributed by atoms with Crippen LogP contribution < -0.4 is 10.0 Å². The van der Waals surface area contributed by atoms with E-state index >= 15 is 0 Å². The fourth-order valence-electron chi connectivity index (χ4n) is 7.33. The molecular formula is C44H46ClN7O4S2. The first-order valence-corrected chi connectivity index (χ1v) is 22.1. The molecular weight excluding hydrogens is 790 g/mol. The molecule has 0 bridgehead atoms. The third-order valence-electron chi connectivity index (χ3n) is 10.5. The highest BCUT2D eigenvalue weighted by molar-refractivity contribution is 7.99. The van der Waals surface area contributed by atoms with E-state index in [0.717, 1.165) is 72.6 Å². The number of hydrogen-bond acceptors (Lipinski definition) is 10. The van der Waals surface area contributed by atoms with E-state index in [1.54, 1.807) is 11.8 Å². The number of nitrogens with zero attached hydrogens (tertiary/aromatic N) is 5. The van der Waals surface area contributed by atoms with Gasteiger partial charge in [-0.2, -0.15) is 0 Å². The smallest absolute Gasteiger partial charge is 0.293 e. The maximum Gasteiger partial charge on any atom is 0.293 e. The van der Waals surface area contributed by atoms with Gasteiger partial charge in [0.2, 0.25) is 0 Å². The van der Waals surface area contributed by atoms with Gasteiger partial charge in [0, 0.05) is 39.7 Å². The van der Waals surface area contributed by atoms with Crippen LogP contribution in [0.4, 0.5) is 17.2 Å². The molecule has 58 heavy (non-hydrogen) atoms. The molecule has 1 atom stereocenters. The Hall–Kier alpha value is -5.05. The highest BCUT2D eigenvalue weighted by Gasteiger charge is 2.26. The van der Waals surface area contributed by atoms with Crippen LogP contribution in [0.15, 0.2) is 131 Å². The Labute approximate surface area is 349 Å². The molecule has 0 spiro atoms. The number of hydrogen-bond donors (Lipinski definition) is 2. The van der Waals surface area contributed by atoms with Crippen LogP contribution in [0.2, 0.25) is 5.02 Å². The number of fused-ring (bicyclic) bond motifs is 1. The number of halogens is 1. The van der Waals surface area contributed by atoms with E-state index in [4.69, 9.17) is 11.6 Å². The van der Waals surface area contributed by atoms with Crippen LogP contribution in [0.3, 0.4) is 0 Å². The molecule has 6 aromatic rings. The molecule has 5 aromatic carbocycles. The van der Waals surface area contributed by atoms with Crippen molar-refractivity contribution in [3.8, 4) is 11.1 Å². The molecule has 0 unspecified atom stereocenters. The number of sulfonamides is 1. The van der Waals surface area contributed by atoms with Gasteiger partial charge in [0.1, 0.15) is 12.0 Å². The van der Waals surface area contributed by atoms with Crippen LogP contribution in [0.25, 0.3) is 22.0 Å². The fraction of sp³-hybridized carbons (Fsp3) is 0.273. The summed E-state index contributed by atoms with van der Waals surface area (Å²) in [5.74, 6) is 1.10. The summed E-state index contributed by atoms with van der Waals surface area (Å²) in [5, 5.41) is 16.9. The summed E-state index contributed by atoms with van der Waals surface area (Å²) in [6.07, 6.45) is 4.02. The molecule has 0 amide bonds. The van der Waals surface area contributed by atoms with E-state index in [0.29, 0.717) is 22.6 Å². The van der Waals surface area contributed by atoms with Crippen LogP contribution in [-0.2, 0) is 16.6 Å². The number of likely N-dealkylation sites (tertiary alicyclic amines) is 1. The Morgan fingerprint density at radius 1 is 0.931 bits per heavy atom. The normalized spacial score (nSPS) is 14.4. The highest BCUT2D eigenvalue weighted by Crippen LogP contribution is 2.35. The van der Waals surface area contributed by atoms with Crippen LogP contribution in [-0.4, -0.2) is 78.6 Å². The zero-order chi connectivity index (χ0) is 40.6. The van der Waals surface area contributed by atoms with Gasteiger partial charge in [-0.1, -0.05) is 72.3 Å². The minimum absolute atomic E-state index is 0.109. The number of thioether (sulfide) groups is 1. The Morgan fingerprint density at radius 2 is 1.67 bits per heavy atom. The molecule has 0 saturated carbocycles. The van der Waals surface area contributed by atoms with Gasteiger partial charge >= 0.3 is 0 Å². The SMILES string of the molecule is CN(C)CC[C@H](CSc1ccccc1)Nc1ccc(S(=O)(=O)Nc2ncnc3cc(C4CCN(Cc5ccccc5-c5ccc(Cl)cc5)CC4)ccc23)cc1[N+](=O)[O-]. The fourth-order valence-corrected chi connectivity index (χ4v) is 9.49. The second-order valence-corrected chi connectivity index (χ2v) is 18.0. The van der Waals surface area contributed by atoms with Crippen LogP contribution >= 0.6 is 23.4 Å². The lowest BCUT2D eigenvalue weighted by molar-refractivity contribution is -0.384. The van der Waals surface area contributed by atoms with E-state index in [9.17, 15) is 18.5 Å². The molecule has 1 aliphatic heterocycles. The van der Waals surface area contributed by atoms with Crippen molar-refractivity contribution in [2.75, 3.05) is 49.5 Å². The van der Waals surface area contributed by atoms with Crippen molar-refractivity contribution >= 4 is 61.5 Å². The van der Waals surface area contributed by atoms with Gasteiger partial charge in [0.25, 0.3) is 15.7 Å². The van der Waals surface area contributed by atoms with Crippen molar-refractivity contribution in [1.29, 1.82) is 0 Å². The topological polar surface area (TPSA) is 134 Å². The van der Waals surface area contributed by atoms with Crippen LogP contribution in [0, 0.1) is 10.1 Å². The zero-order valence-electron chi connectivity index (χ0n) is 32.4. The number of aromatic nitrogens is 2. The van der Waals surface area contributed by atoms with Gasteiger partial charge in [0.05, 0.1) is 15.3 Å². The van der Waals surface area contributed by atoms with E-state index in [-0.39, 0.29) is 28.1 Å². The lowest BCUT2D eigenvalue weighted by Crippen LogP contribution is -2.32. The molecule has 0 aliphatic carbocycles. The highest BCUT2D eigenvalue weighted by atomic mass is 35.5. The average Bonchev–Trinajstić information content (AvgIpc) is 3.23. The van der Waals surface area contributed by atoms with Gasteiger partial charge in [-0.25, -0.2) is 18.4 Å². The summed E-state index contributed by atoms with van der Waals surface area (Å²) < 4.78 is 30.1.